The number of nitrogens with zero attached hydrogens (tertiary/aromatic N) is 3. The summed E-state index contributed by atoms with van der Waals surface area (Å²) in [6, 6.07) is 10.5. The summed E-state index contributed by atoms with van der Waals surface area (Å²) in [5.41, 5.74) is 3.59. The topological polar surface area (TPSA) is 47.9 Å². The van der Waals surface area contributed by atoms with Crippen molar-refractivity contribution in [1.82, 2.24) is 15.1 Å². The Morgan fingerprint density at radius 2 is 1.92 bits per heavy atom. The van der Waals surface area contributed by atoms with Crippen LogP contribution in [0.1, 0.15) is 39.2 Å². The van der Waals surface area contributed by atoms with Gasteiger partial charge in [-0.15, -0.1) is 0 Å². The third kappa shape index (κ3) is 5.70. The van der Waals surface area contributed by atoms with Gasteiger partial charge in [0.25, 0.3) is 0 Å². The summed E-state index contributed by atoms with van der Waals surface area (Å²) >= 11 is 0. The number of amides is 2. The fourth-order valence-corrected chi connectivity index (χ4v) is 3.38. The van der Waals surface area contributed by atoms with Gasteiger partial charge in [-0.2, -0.15) is 0 Å². The van der Waals surface area contributed by atoms with E-state index in [0.717, 1.165) is 38.2 Å². The SMILES string of the molecule is CC=NC(CN1CCC(N(Cc2ccccc2)C(=O)NC)CC1)=C(C)C. The van der Waals surface area contributed by atoms with Crippen LogP contribution in [0.5, 0.6) is 0 Å². The van der Waals surface area contributed by atoms with E-state index in [1.165, 1.54) is 11.1 Å². The van der Waals surface area contributed by atoms with E-state index in [0.29, 0.717) is 6.54 Å². The Bertz CT molecular complexity index is 627. The summed E-state index contributed by atoms with van der Waals surface area (Å²) in [5, 5.41) is 2.80. The summed E-state index contributed by atoms with van der Waals surface area (Å²) in [6.45, 7) is 9.71. The molecule has 2 amide bonds. The number of benzene rings is 1. The zero-order valence-corrected chi connectivity index (χ0v) is 16.5. The first-order valence-electron chi connectivity index (χ1n) is 9.44. The molecule has 0 unspecified atom stereocenters. The molecule has 1 aromatic carbocycles. The van der Waals surface area contributed by atoms with Crippen LogP contribution >= 0.6 is 0 Å². The van der Waals surface area contributed by atoms with Crippen molar-refractivity contribution in [3.05, 3.63) is 47.2 Å². The van der Waals surface area contributed by atoms with Crippen LogP contribution in [0.4, 0.5) is 4.79 Å². The Labute approximate surface area is 157 Å². The molecule has 0 aromatic heterocycles. The molecule has 1 saturated heterocycles. The molecule has 142 valence electrons. The van der Waals surface area contributed by atoms with E-state index >= 15 is 0 Å². The lowest BCUT2D eigenvalue weighted by Gasteiger charge is -2.38. The van der Waals surface area contributed by atoms with E-state index in [9.17, 15) is 4.79 Å². The first-order valence-corrected chi connectivity index (χ1v) is 9.44. The monoisotopic (exact) mass is 356 g/mol. The van der Waals surface area contributed by atoms with Crippen LogP contribution < -0.4 is 5.32 Å². The first-order chi connectivity index (χ1) is 12.5. The molecule has 0 bridgehead atoms. The molecule has 1 aliphatic rings. The van der Waals surface area contributed by atoms with E-state index in [4.69, 9.17) is 0 Å². The number of piperidine rings is 1. The molecule has 1 fully saturated rings. The summed E-state index contributed by atoms with van der Waals surface area (Å²) in [4.78, 5) is 21.4. The Morgan fingerprint density at radius 1 is 1.27 bits per heavy atom. The third-order valence-electron chi connectivity index (χ3n) is 4.90. The van der Waals surface area contributed by atoms with Crippen LogP contribution in [0.2, 0.25) is 0 Å². The lowest BCUT2D eigenvalue weighted by atomic mass is 10.0. The second-order valence-electron chi connectivity index (χ2n) is 7.01. The third-order valence-corrected chi connectivity index (χ3v) is 4.90. The van der Waals surface area contributed by atoms with Crippen molar-refractivity contribution < 1.29 is 4.79 Å². The van der Waals surface area contributed by atoms with Gasteiger partial charge in [0.2, 0.25) is 0 Å². The molecular formula is C21H32N4O. The number of likely N-dealkylation sites (tertiary alicyclic amines) is 1. The Kier molecular flexibility index (Phi) is 7.85. The molecule has 5 nitrogen and oxygen atoms in total. The lowest BCUT2D eigenvalue weighted by molar-refractivity contribution is 0.121. The highest BCUT2D eigenvalue weighted by molar-refractivity contribution is 5.74. The zero-order valence-electron chi connectivity index (χ0n) is 16.5. The molecule has 5 heteroatoms. The average molecular weight is 357 g/mol. The van der Waals surface area contributed by atoms with Gasteiger partial charge in [0.15, 0.2) is 0 Å². The zero-order chi connectivity index (χ0) is 18.9. The molecule has 0 radical (unpaired) electrons. The number of carbonyl (C=O) groups is 1. The fourth-order valence-electron chi connectivity index (χ4n) is 3.38. The lowest BCUT2D eigenvalue weighted by Crippen LogP contribution is -2.49. The standard InChI is InChI=1S/C21H32N4O/c1-5-23-20(17(2)3)16-24-13-11-19(12-14-24)25(21(26)22-4)15-18-9-7-6-8-10-18/h5-10,19H,11-16H2,1-4H3,(H,22,26). The van der Waals surface area contributed by atoms with Gasteiger partial charge in [-0.3, -0.25) is 9.89 Å². The highest BCUT2D eigenvalue weighted by atomic mass is 16.2. The quantitative estimate of drug-likeness (QED) is 0.791. The molecular weight excluding hydrogens is 324 g/mol. The highest BCUT2D eigenvalue weighted by Gasteiger charge is 2.27. The van der Waals surface area contributed by atoms with Crippen molar-refractivity contribution in [2.24, 2.45) is 4.99 Å². The van der Waals surface area contributed by atoms with Gasteiger partial charge in [0, 0.05) is 45.5 Å². The molecule has 1 aliphatic heterocycles. The first kappa shape index (κ1) is 20.2. The minimum Gasteiger partial charge on any atom is -0.341 e. The molecule has 1 aromatic rings. The molecule has 1 heterocycles. The number of hydrogen-bond donors (Lipinski definition) is 1. The molecule has 2 rings (SSSR count). The van der Waals surface area contributed by atoms with E-state index < -0.39 is 0 Å². The maximum atomic E-state index is 12.4. The summed E-state index contributed by atoms with van der Waals surface area (Å²) in [7, 11) is 1.71. The van der Waals surface area contributed by atoms with Crippen LogP contribution in [0.3, 0.4) is 0 Å². The number of allylic oxidation sites excluding steroid dienone is 1. The molecule has 0 aliphatic carbocycles. The second kappa shape index (κ2) is 10.1. The molecule has 0 spiro atoms. The van der Waals surface area contributed by atoms with Gasteiger partial charge < -0.3 is 10.2 Å². The summed E-state index contributed by atoms with van der Waals surface area (Å²) in [5.74, 6) is 0. The van der Waals surface area contributed by atoms with Gasteiger partial charge in [0.1, 0.15) is 0 Å². The number of rotatable bonds is 6. The Hall–Kier alpha value is -2.14. The maximum Gasteiger partial charge on any atom is 0.317 e. The van der Waals surface area contributed by atoms with Crippen LogP contribution in [-0.4, -0.2) is 54.8 Å². The molecule has 1 N–H and O–H groups in total. The average Bonchev–Trinajstić information content (AvgIpc) is 2.66. The number of nitrogens with one attached hydrogen (secondary N) is 1. The Balaban J connectivity index is 1.98. The van der Waals surface area contributed by atoms with Crippen molar-refractivity contribution in [3.63, 3.8) is 0 Å². The largest absolute Gasteiger partial charge is 0.341 e. The number of urea groups is 1. The van der Waals surface area contributed by atoms with Crippen LogP contribution in [0.25, 0.3) is 0 Å². The number of aliphatic imine (C=N–C) groups is 1. The van der Waals surface area contributed by atoms with Crippen LogP contribution in [-0.2, 0) is 6.54 Å². The van der Waals surface area contributed by atoms with E-state index in [2.05, 4.69) is 41.2 Å². The number of carbonyl (C=O) groups excluding carboxylic acids is 1. The van der Waals surface area contributed by atoms with Gasteiger partial charge in [-0.25, -0.2) is 4.79 Å². The van der Waals surface area contributed by atoms with Crippen molar-refractivity contribution in [1.29, 1.82) is 0 Å². The van der Waals surface area contributed by atoms with Crippen molar-refractivity contribution in [2.75, 3.05) is 26.7 Å². The summed E-state index contributed by atoms with van der Waals surface area (Å²) < 4.78 is 0. The number of hydrogen-bond acceptors (Lipinski definition) is 3. The fraction of sp³-hybridized carbons (Fsp3) is 0.524. The molecule has 26 heavy (non-hydrogen) atoms. The van der Waals surface area contributed by atoms with Gasteiger partial charge in [0.05, 0.1) is 5.70 Å². The second-order valence-corrected chi connectivity index (χ2v) is 7.01. The van der Waals surface area contributed by atoms with Crippen molar-refractivity contribution >= 4 is 12.2 Å². The van der Waals surface area contributed by atoms with Gasteiger partial charge >= 0.3 is 6.03 Å². The highest BCUT2D eigenvalue weighted by Crippen LogP contribution is 2.21. The van der Waals surface area contributed by atoms with Crippen LogP contribution in [0, 0.1) is 0 Å². The van der Waals surface area contributed by atoms with E-state index in [-0.39, 0.29) is 12.1 Å². The van der Waals surface area contributed by atoms with Gasteiger partial charge in [-0.05, 0) is 39.2 Å². The Morgan fingerprint density at radius 3 is 2.46 bits per heavy atom. The van der Waals surface area contributed by atoms with Crippen molar-refractivity contribution in [3.8, 4) is 0 Å². The van der Waals surface area contributed by atoms with Crippen LogP contribution in [0.15, 0.2) is 46.6 Å². The minimum absolute atomic E-state index is 0.00729. The predicted molar refractivity (Wildman–Crippen MR) is 108 cm³/mol. The predicted octanol–water partition coefficient (Wildman–Crippen LogP) is 3.68. The molecule has 0 atom stereocenters. The van der Waals surface area contributed by atoms with E-state index in [1.54, 1.807) is 7.05 Å². The van der Waals surface area contributed by atoms with Crippen molar-refractivity contribution in [2.45, 2.75) is 46.2 Å². The maximum absolute atomic E-state index is 12.4. The van der Waals surface area contributed by atoms with Gasteiger partial charge in [-0.1, -0.05) is 35.9 Å². The van der Waals surface area contributed by atoms with E-state index in [1.807, 2.05) is 36.2 Å². The summed E-state index contributed by atoms with van der Waals surface area (Å²) in [6.07, 6.45) is 3.85. The minimum atomic E-state index is 0.00729. The smallest absolute Gasteiger partial charge is 0.317 e. The normalized spacial score (nSPS) is 15.8. The molecule has 0 saturated carbocycles.